The third-order valence-corrected chi connectivity index (χ3v) is 10.6. The second-order valence-electron chi connectivity index (χ2n) is 9.93. The third-order valence-electron chi connectivity index (χ3n) is 7.32. The number of sulfonamides is 1. The van der Waals surface area contributed by atoms with Gasteiger partial charge in [0.15, 0.2) is 5.82 Å². The van der Waals surface area contributed by atoms with Crippen LogP contribution in [0, 0.1) is 0 Å². The van der Waals surface area contributed by atoms with E-state index in [1.54, 1.807) is 33.8 Å². The Morgan fingerprint density at radius 1 is 1.07 bits per heavy atom. The van der Waals surface area contributed by atoms with Crippen LogP contribution in [-0.4, -0.2) is 70.5 Å². The van der Waals surface area contributed by atoms with Crippen molar-refractivity contribution in [2.45, 2.75) is 42.0 Å². The summed E-state index contributed by atoms with van der Waals surface area (Å²) in [6.45, 7) is 0.830. The van der Waals surface area contributed by atoms with Gasteiger partial charge in [0.05, 0.1) is 18.3 Å². The van der Waals surface area contributed by atoms with E-state index >= 15 is 0 Å². The molecule has 2 aromatic carbocycles. The van der Waals surface area contributed by atoms with Crippen LogP contribution in [-0.2, 0) is 19.6 Å². The fourth-order valence-electron chi connectivity index (χ4n) is 5.41. The van der Waals surface area contributed by atoms with Gasteiger partial charge < -0.3 is 9.80 Å². The molecule has 0 bridgehead atoms. The average molecular weight is 599 g/mol. The zero-order valence-electron chi connectivity index (χ0n) is 21.4. The smallest absolute Gasteiger partial charge is 0.250 e. The van der Waals surface area contributed by atoms with Gasteiger partial charge in [-0.05, 0) is 67.5 Å². The highest BCUT2D eigenvalue weighted by Gasteiger charge is 2.38. The molecule has 2 amide bonds. The molecule has 4 aromatic rings. The number of rotatable bonds is 7. The SMILES string of the molecule is O=C1[C@@H](NS(=O)(=O)c2cc3cc(Cl)ccc3s2)CCCN1CC(=O)N1CCC[C@H]1c1ncnn1-c1ccccc1. The Kier molecular flexibility index (Phi) is 7.34. The molecule has 40 heavy (non-hydrogen) atoms. The Bertz CT molecular complexity index is 1670. The van der Waals surface area contributed by atoms with Crippen molar-refractivity contribution in [3.05, 3.63) is 71.8 Å². The Labute approximate surface area is 240 Å². The van der Waals surface area contributed by atoms with E-state index in [-0.39, 0.29) is 22.7 Å². The maximum Gasteiger partial charge on any atom is 0.250 e. The molecule has 2 aliphatic rings. The van der Waals surface area contributed by atoms with Crippen molar-refractivity contribution in [2.24, 2.45) is 0 Å². The second-order valence-corrected chi connectivity index (χ2v) is 13.4. The molecule has 4 heterocycles. The van der Waals surface area contributed by atoms with Crippen molar-refractivity contribution in [2.75, 3.05) is 19.6 Å². The predicted octanol–water partition coefficient (Wildman–Crippen LogP) is 3.77. The van der Waals surface area contributed by atoms with E-state index in [9.17, 15) is 18.0 Å². The van der Waals surface area contributed by atoms with Crippen molar-refractivity contribution in [1.29, 1.82) is 0 Å². The van der Waals surface area contributed by atoms with E-state index in [0.717, 1.165) is 40.0 Å². The minimum atomic E-state index is -3.94. The highest BCUT2D eigenvalue weighted by molar-refractivity contribution is 7.91. The summed E-state index contributed by atoms with van der Waals surface area (Å²) in [5.41, 5.74) is 0.859. The molecular formula is C27H27ClN6O4S2. The van der Waals surface area contributed by atoms with Crippen LogP contribution in [0.5, 0.6) is 0 Å². The number of piperidine rings is 1. The predicted molar refractivity (Wildman–Crippen MR) is 152 cm³/mol. The number of hydrogen-bond donors (Lipinski definition) is 1. The first-order valence-electron chi connectivity index (χ1n) is 13.1. The Morgan fingerprint density at radius 2 is 1.88 bits per heavy atom. The number of carbonyl (C=O) groups excluding carboxylic acids is 2. The number of halogens is 1. The Balaban J connectivity index is 1.15. The first kappa shape index (κ1) is 26.9. The van der Waals surface area contributed by atoms with Gasteiger partial charge in [-0.15, -0.1) is 11.3 Å². The number of amides is 2. The summed E-state index contributed by atoms with van der Waals surface area (Å²) in [4.78, 5) is 34.5. The lowest BCUT2D eigenvalue weighted by atomic mass is 10.1. The van der Waals surface area contributed by atoms with Gasteiger partial charge in [-0.1, -0.05) is 29.8 Å². The number of likely N-dealkylation sites (tertiary alicyclic amines) is 2. The van der Waals surface area contributed by atoms with Crippen LogP contribution in [0.4, 0.5) is 0 Å². The van der Waals surface area contributed by atoms with E-state index in [2.05, 4.69) is 14.8 Å². The average Bonchev–Trinajstić information content (AvgIpc) is 3.70. The maximum absolute atomic E-state index is 13.5. The molecule has 2 fully saturated rings. The highest BCUT2D eigenvalue weighted by Crippen LogP contribution is 2.33. The molecule has 0 spiro atoms. The van der Waals surface area contributed by atoms with E-state index in [1.165, 1.54) is 11.2 Å². The summed E-state index contributed by atoms with van der Waals surface area (Å²) in [6.07, 6.45) is 3.99. The lowest BCUT2D eigenvalue weighted by Gasteiger charge is -2.34. The van der Waals surface area contributed by atoms with Crippen LogP contribution >= 0.6 is 22.9 Å². The number of fused-ring (bicyclic) bond motifs is 1. The van der Waals surface area contributed by atoms with Crippen LogP contribution in [0.15, 0.2) is 65.1 Å². The van der Waals surface area contributed by atoms with Crippen LogP contribution in [0.2, 0.25) is 5.02 Å². The van der Waals surface area contributed by atoms with Gasteiger partial charge in [0.2, 0.25) is 11.8 Å². The number of nitrogens with one attached hydrogen (secondary N) is 1. The van der Waals surface area contributed by atoms with Gasteiger partial charge in [0.25, 0.3) is 10.0 Å². The molecule has 6 rings (SSSR count). The monoisotopic (exact) mass is 598 g/mol. The Morgan fingerprint density at radius 3 is 2.70 bits per heavy atom. The number of hydrogen-bond acceptors (Lipinski definition) is 7. The van der Waals surface area contributed by atoms with Crippen molar-refractivity contribution < 1.29 is 18.0 Å². The van der Waals surface area contributed by atoms with E-state index in [4.69, 9.17) is 11.6 Å². The maximum atomic E-state index is 13.5. The molecule has 10 nitrogen and oxygen atoms in total. The molecular weight excluding hydrogens is 572 g/mol. The summed E-state index contributed by atoms with van der Waals surface area (Å²) >= 11 is 7.17. The minimum Gasteiger partial charge on any atom is -0.332 e. The number of benzene rings is 2. The number of carbonyl (C=O) groups is 2. The molecule has 2 atom stereocenters. The van der Waals surface area contributed by atoms with Crippen molar-refractivity contribution in [3.63, 3.8) is 0 Å². The lowest BCUT2D eigenvalue weighted by molar-refractivity contribution is -0.143. The first-order valence-corrected chi connectivity index (χ1v) is 15.7. The summed E-state index contributed by atoms with van der Waals surface area (Å²) in [6, 6.07) is 15.2. The topological polar surface area (TPSA) is 118 Å². The number of aromatic nitrogens is 3. The van der Waals surface area contributed by atoms with Gasteiger partial charge >= 0.3 is 0 Å². The first-order chi connectivity index (χ1) is 19.3. The molecule has 2 aromatic heterocycles. The van der Waals surface area contributed by atoms with Gasteiger partial charge in [-0.2, -0.15) is 9.82 Å². The summed E-state index contributed by atoms with van der Waals surface area (Å²) in [5.74, 6) is 0.0937. The largest absolute Gasteiger partial charge is 0.332 e. The molecule has 0 saturated carbocycles. The molecule has 208 valence electrons. The fraction of sp³-hybridized carbons (Fsp3) is 0.333. The quantitative estimate of drug-likeness (QED) is 0.346. The third kappa shape index (κ3) is 5.24. The van der Waals surface area contributed by atoms with Gasteiger partial charge in [-0.25, -0.2) is 18.1 Å². The standard InChI is InChI=1S/C27H27ClN6O4S2/c28-19-10-11-23-18(14-19)15-25(39-23)40(37,38)31-21-8-4-12-32(27(21)36)16-24(35)33-13-5-9-22(33)26-29-17-30-34(26)20-6-2-1-3-7-20/h1-3,6-7,10-11,14-15,17,21-22,31H,4-5,8-9,12-13,16H2/t21-,22-/m0/s1. The van der Waals surface area contributed by atoms with Crippen LogP contribution < -0.4 is 4.72 Å². The molecule has 13 heteroatoms. The van der Waals surface area contributed by atoms with Crippen LogP contribution in [0.3, 0.4) is 0 Å². The zero-order chi connectivity index (χ0) is 27.9. The zero-order valence-corrected chi connectivity index (χ0v) is 23.8. The summed E-state index contributed by atoms with van der Waals surface area (Å²) in [7, 11) is -3.94. The van der Waals surface area contributed by atoms with Gasteiger partial charge in [-0.3, -0.25) is 9.59 Å². The molecule has 0 radical (unpaired) electrons. The summed E-state index contributed by atoms with van der Waals surface area (Å²) < 4.78 is 31.6. The van der Waals surface area contributed by atoms with Crippen molar-refractivity contribution >= 4 is 54.9 Å². The van der Waals surface area contributed by atoms with Crippen molar-refractivity contribution in [3.8, 4) is 5.69 Å². The number of nitrogens with zero attached hydrogens (tertiary/aromatic N) is 5. The van der Waals surface area contributed by atoms with E-state index in [0.29, 0.717) is 36.8 Å². The summed E-state index contributed by atoms with van der Waals surface area (Å²) in [5, 5.41) is 5.62. The minimum absolute atomic E-state index is 0.117. The van der Waals surface area contributed by atoms with Crippen LogP contribution in [0.1, 0.15) is 37.5 Å². The van der Waals surface area contributed by atoms with Crippen LogP contribution in [0.25, 0.3) is 15.8 Å². The number of para-hydroxylation sites is 1. The molecule has 0 unspecified atom stereocenters. The molecule has 1 N–H and O–H groups in total. The van der Waals surface area contributed by atoms with Gasteiger partial charge in [0.1, 0.15) is 16.6 Å². The van der Waals surface area contributed by atoms with E-state index in [1.807, 2.05) is 30.3 Å². The second kappa shape index (κ2) is 10.9. The lowest BCUT2D eigenvalue weighted by Crippen LogP contribution is -2.54. The van der Waals surface area contributed by atoms with Crippen molar-refractivity contribution in [1.82, 2.24) is 29.3 Å². The molecule has 2 aliphatic heterocycles. The van der Waals surface area contributed by atoms with E-state index < -0.39 is 22.0 Å². The number of thiophene rings is 1. The fourth-order valence-corrected chi connectivity index (χ4v) is 8.21. The normalized spacial score (nSPS) is 20.0. The van der Waals surface area contributed by atoms with Gasteiger partial charge in [0, 0.05) is 22.8 Å². The molecule has 0 aliphatic carbocycles. The molecule has 2 saturated heterocycles. The highest BCUT2D eigenvalue weighted by atomic mass is 35.5. The Hall–Kier alpha value is -3.32.